The first kappa shape index (κ1) is 13.7. The number of carbonyl (C=O) groups is 1. The van der Waals surface area contributed by atoms with E-state index in [0.717, 1.165) is 5.56 Å². The molecule has 1 rings (SSSR count). The van der Waals surface area contributed by atoms with Crippen LogP contribution in [-0.4, -0.2) is 23.3 Å². The first-order chi connectivity index (χ1) is 7.99. The summed E-state index contributed by atoms with van der Waals surface area (Å²) in [5.74, 6) is -0.271. The molecule has 1 N–H and O–H groups in total. The predicted octanol–water partition coefficient (Wildman–Crippen LogP) is 2.32. The molecule has 1 aromatic carbocycles. The van der Waals surface area contributed by atoms with Gasteiger partial charge in [-0.15, -0.1) is 0 Å². The van der Waals surface area contributed by atoms with Crippen molar-refractivity contribution in [3.8, 4) is 0 Å². The minimum absolute atomic E-state index is 0.271. The molecule has 0 saturated heterocycles. The van der Waals surface area contributed by atoms with E-state index < -0.39 is 5.60 Å². The Morgan fingerprint density at radius 2 is 2.00 bits per heavy atom. The summed E-state index contributed by atoms with van der Waals surface area (Å²) in [6, 6.07) is 9.88. The number of rotatable bonds is 6. The lowest BCUT2D eigenvalue weighted by Crippen LogP contribution is -2.27. The van der Waals surface area contributed by atoms with E-state index in [0.29, 0.717) is 25.9 Å². The normalized spacial score (nSPS) is 14.1. The molecule has 1 unspecified atom stereocenters. The molecule has 0 fully saturated rings. The highest BCUT2D eigenvalue weighted by molar-refractivity contribution is 5.65. The predicted molar refractivity (Wildman–Crippen MR) is 66.6 cm³/mol. The zero-order valence-corrected chi connectivity index (χ0v) is 10.5. The van der Waals surface area contributed by atoms with Crippen LogP contribution in [0.1, 0.15) is 32.3 Å². The number of carbonyl (C=O) groups excluding carboxylic acids is 1. The second-order valence-corrected chi connectivity index (χ2v) is 4.60. The average Bonchev–Trinajstić information content (AvgIpc) is 2.25. The zero-order chi connectivity index (χ0) is 12.7. The Labute approximate surface area is 102 Å². The van der Waals surface area contributed by atoms with E-state index in [4.69, 9.17) is 4.74 Å². The molecule has 0 saturated carbocycles. The molecule has 17 heavy (non-hydrogen) atoms. The molecule has 0 amide bonds. The van der Waals surface area contributed by atoms with Gasteiger partial charge in [0.25, 0.3) is 0 Å². The summed E-state index contributed by atoms with van der Waals surface area (Å²) in [4.78, 5) is 10.6. The molecule has 3 heteroatoms. The zero-order valence-electron chi connectivity index (χ0n) is 10.5. The van der Waals surface area contributed by atoms with Crippen LogP contribution in [0.4, 0.5) is 0 Å². The average molecular weight is 236 g/mol. The molecule has 1 atom stereocenters. The van der Waals surface area contributed by atoms with Crippen molar-refractivity contribution in [3.63, 3.8) is 0 Å². The second kappa shape index (κ2) is 6.40. The van der Waals surface area contributed by atoms with Crippen molar-refractivity contribution in [1.82, 2.24) is 0 Å². The maximum Gasteiger partial charge on any atom is 0.302 e. The van der Waals surface area contributed by atoms with E-state index in [-0.39, 0.29) is 5.97 Å². The fraction of sp³-hybridized carbons (Fsp3) is 0.500. The minimum Gasteiger partial charge on any atom is -0.466 e. The SMILES string of the molecule is CC(=O)OCCCC(C)(O)Cc1ccccc1. The lowest BCUT2D eigenvalue weighted by molar-refractivity contribution is -0.141. The van der Waals surface area contributed by atoms with Crippen molar-refractivity contribution in [2.75, 3.05) is 6.61 Å². The Hall–Kier alpha value is -1.35. The first-order valence-corrected chi connectivity index (χ1v) is 5.89. The summed E-state index contributed by atoms with van der Waals surface area (Å²) < 4.78 is 4.84. The van der Waals surface area contributed by atoms with Crippen LogP contribution in [0.15, 0.2) is 30.3 Å². The largest absolute Gasteiger partial charge is 0.466 e. The summed E-state index contributed by atoms with van der Waals surface area (Å²) in [7, 11) is 0. The van der Waals surface area contributed by atoms with E-state index in [1.54, 1.807) is 0 Å². The molecule has 0 spiro atoms. The lowest BCUT2D eigenvalue weighted by atomic mass is 9.92. The molecule has 3 nitrogen and oxygen atoms in total. The van der Waals surface area contributed by atoms with Crippen molar-refractivity contribution in [1.29, 1.82) is 0 Å². The summed E-state index contributed by atoms with van der Waals surface area (Å²) >= 11 is 0. The number of esters is 1. The van der Waals surface area contributed by atoms with Crippen molar-refractivity contribution >= 4 is 5.97 Å². The molecule has 0 aliphatic carbocycles. The summed E-state index contributed by atoms with van der Waals surface area (Å²) in [6.45, 7) is 3.58. The van der Waals surface area contributed by atoms with Crippen LogP contribution in [0, 0.1) is 0 Å². The van der Waals surface area contributed by atoms with Gasteiger partial charge >= 0.3 is 5.97 Å². The van der Waals surface area contributed by atoms with E-state index in [9.17, 15) is 9.90 Å². The maximum atomic E-state index is 10.6. The molecule has 0 radical (unpaired) electrons. The summed E-state index contributed by atoms with van der Waals surface area (Å²) in [5.41, 5.74) is 0.367. The molecule has 1 aromatic rings. The van der Waals surface area contributed by atoms with Crippen molar-refractivity contribution in [2.24, 2.45) is 0 Å². The smallest absolute Gasteiger partial charge is 0.302 e. The summed E-state index contributed by atoms with van der Waals surface area (Å²) in [6.07, 6.45) is 1.92. The van der Waals surface area contributed by atoms with Gasteiger partial charge in [-0.3, -0.25) is 4.79 Å². The molecule has 0 aliphatic heterocycles. The molecular weight excluding hydrogens is 216 g/mol. The van der Waals surface area contributed by atoms with Gasteiger partial charge in [0.05, 0.1) is 12.2 Å². The second-order valence-electron chi connectivity index (χ2n) is 4.60. The number of benzene rings is 1. The number of hydrogen-bond donors (Lipinski definition) is 1. The lowest BCUT2D eigenvalue weighted by Gasteiger charge is -2.23. The van der Waals surface area contributed by atoms with Gasteiger partial charge in [-0.2, -0.15) is 0 Å². The highest BCUT2D eigenvalue weighted by atomic mass is 16.5. The van der Waals surface area contributed by atoms with Gasteiger partial charge in [0.15, 0.2) is 0 Å². The number of aliphatic hydroxyl groups is 1. The van der Waals surface area contributed by atoms with E-state index >= 15 is 0 Å². The Kier molecular flexibility index (Phi) is 5.16. The molecule has 0 aliphatic rings. The highest BCUT2D eigenvalue weighted by Gasteiger charge is 2.20. The van der Waals surface area contributed by atoms with Crippen LogP contribution >= 0.6 is 0 Å². The standard InChI is InChI=1S/C14H20O3/c1-12(15)17-10-6-9-14(2,16)11-13-7-4-3-5-8-13/h3-5,7-8,16H,6,9-11H2,1-2H3. The van der Waals surface area contributed by atoms with Crippen LogP contribution < -0.4 is 0 Å². The maximum absolute atomic E-state index is 10.6. The molecule has 0 aromatic heterocycles. The van der Waals surface area contributed by atoms with Gasteiger partial charge in [0, 0.05) is 13.3 Å². The van der Waals surface area contributed by atoms with Crippen LogP contribution in [0.3, 0.4) is 0 Å². The number of ether oxygens (including phenoxy) is 1. The Morgan fingerprint density at radius 3 is 2.59 bits per heavy atom. The van der Waals surface area contributed by atoms with E-state index in [1.807, 2.05) is 37.3 Å². The fourth-order valence-electron chi connectivity index (χ4n) is 1.79. The Balaban J connectivity index is 2.33. The van der Waals surface area contributed by atoms with E-state index in [1.165, 1.54) is 6.92 Å². The van der Waals surface area contributed by atoms with Crippen molar-refractivity contribution in [3.05, 3.63) is 35.9 Å². The van der Waals surface area contributed by atoms with Gasteiger partial charge in [-0.05, 0) is 25.3 Å². The third-order valence-electron chi connectivity index (χ3n) is 2.59. The van der Waals surface area contributed by atoms with Crippen LogP contribution in [0.5, 0.6) is 0 Å². The minimum atomic E-state index is -0.749. The third-order valence-corrected chi connectivity index (χ3v) is 2.59. The topological polar surface area (TPSA) is 46.5 Å². The van der Waals surface area contributed by atoms with Gasteiger partial charge in [-0.25, -0.2) is 0 Å². The van der Waals surface area contributed by atoms with Gasteiger partial charge < -0.3 is 9.84 Å². The monoisotopic (exact) mass is 236 g/mol. The Morgan fingerprint density at radius 1 is 1.35 bits per heavy atom. The molecular formula is C14H20O3. The molecule has 0 bridgehead atoms. The van der Waals surface area contributed by atoms with Crippen molar-refractivity contribution in [2.45, 2.75) is 38.7 Å². The Bertz CT molecular complexity index is 344. The van der Waals surface area contributed by atoms with E-state index in [2.05, 4.69) is 0 Å². The highest BCUT2D eigenvalue weighted by Crippen LogP contribution is 2.18. The molecule has 94 valence electrons. The quantitative estimate of drug-likeness (QED) is 0.609. The number of hydrogen-bond acceptors (Lipinski definition) is 3. The van der Waals surface area contributed by atoms with Crippen LogP contribution in [0.2, 0.25) is 0 Å². The van der Waals surface area contributed by atoms with Gasteiger partial charge in [0.2, 0.25) is 0 Å². The van der Waals surface area contributed by atoms with Gasteiger partial charge in [0.1, 0.15) is 0 Å². The third kappa shape index (κ3) is 6.07. The molecule has 0 heterocycles. The summed E-state index contributed by atoms with van der Waals surface area (Å²) in [5, 5.41) is 10.2. The van der Waals surface area contributed by atoms with Gasteiger partial charge in [-0.1, -0.05) is 30.3 Å². The van der Waals surface area contributed by atoms with Crippen LogP contribution in [0.25, 0.3) is 0 Å². The van der Waals surface area contributed by atoms with Crippen molar-refractivity contribution < 1.29 is 14.6 Å². The fourth-order valence-corrected chi connectivity index (χ4v) is 1.79. The van der Waals surface area contributed by atoms with Crippen LogP contribution in [-0.2, 0) is 16.0 Å². The first-order valence-electron chi connectivity index (χ1n) is 5.89.